The third-order valence-corrected chi connectivity index (χ3v) is 1.97. The Balaban J connectivity index is 0.00000169. The van der Waals surface area contributed by atoms with Crippen LogP contribution in [-0.2, 0) is 0 Å². The van der Waals surface area contributed by atoms with Gasteiger partial charge in [-0.3, -0.25) is 0 Å². The Bertz CT molecular complexity index is 276. The molecule has 0 saturated heterocycles. The van der Waals surface area contributed by atoms with Gasteiger partial charge < -0.3 is 10.8 Å². The lowest BCUT2D eigenvalue weighted by atomic mass is 10.1. The molecule has 0 saturated carbocycles. The van der Waals surface area contributed by atoms with Crippen LogP contribution in [0.2, 0.25) is 5.02 Å². The van der Waals surface area contributed by atoms with E-state index in [4.69, 9.17) is 22.4 Å². The maximum Gasteiger partial charge on any atom is 0.125 e. The molecule has 0 bridgehead atoms. The van der Waals surface area contributed by atoms with Gasteiger partial charge in [0.15, 0.2) is 0 Å². The van der Waals surface area contributed by atoms with Crippen molar-refractivity contribution in [1.29, 1.82) is 0 Å². The van der Waals surface area contributed by atoms with Crippen LogP contribution in [0.5, 0.6) is 0 Å². The zero-order valence-electron chi connectivity index (χ0n) is 7.41. The molecule has 0 amide bonds. The zero-order chi connectivity index (χ0) is 9.84. The lowest BCUT2D eigenvalue weighted by molar-refractivity contribution is 0.276. The van der Waals surface area contributed by atoms with E-state index in [1.54, 1.807) is 6.07 Å². The first-order chi connectivity index (χ1) is 6.13. The van der Waals surface area contributed by atoms with Crippen molar-refractivity contribution in [3.05, 3.63) is 34.6 Å². The van der Waals surface area contributed by atoms with E-state index in [1.165, 1.54) is 12.1 Å². The summed E-state index contributed by atoms with van der Waals surface area (Å²) < 4.78 is 12.8. The van der Waals surface area contributed by atoms with Gasteiger partial charge in [-0.15, -0.1) is 12.4 Å². The van der Waals surface area contributed by atoms with E-state index in [9.17, 15) is 4.39 Å². The van der Waals surface area contributed by atoms with Crippen LogP contribution in [0.15, 0.2) is 18.2 Å². The Kier molecular flexibility index (Phi) is 6.04. The predicted octanol–water partition coefficient (Wildman–Crippen LogP) is 2.28. The van der Waals surface area contributed by atoms with Gasteiger partial charge in [0.1, 0.15) is 5.82 Å². The van der Waals surface area contributed by atoms with Gasteiger partial charge in [-0.05, 0) is 30.2 Å². The Hall–Kier alpha value is -0.350. The van der Waals surface area contributed by atoms with E-state index < -0.39 is 5.82 Å². The Morgan fingerprint density at radius 1 is 1.43 bits per heavy atom. The van der Waals surface area contributed by atoms with E-state index in [2.05, 4.69) is 0 Å². The van der Waals surface area contributed by atoms with Crippen molar-refractivity contribution in [1.82, 2.24) is 0 Å². The number of rotatable bonds is 3. The molecular weight excluding hydrogens is 228 g/mol. The highest BCUT2D eigenvalue weighted by atomic mass is 35.5. The van der Waals surface area contributed by atoms with Crippen LogP contribution in [0.25, 0.3) is 0 Å². The summed E-state index contributed by atoms with van der Waals surface area (Å²) in [6.07, 6.45) is 0.403. The normalized spacial score (nSPS) is 12.0. The van der Waals surface area contributed by atoms with Gasteiger partial charge in [-0.2, -0.15) is 0 Å². The SMILES string of the molecule is Cl.N[C@H](CCO)c1cc(F)cc(Cl)c1. The van der Waals surface area contributed by atoms with Crippen molar-refractivity contribution < 1.29 is 9.50 Å². The summed E-state index contributed by atoms with van der Waals surface area (Å²) in [5, 5.41) is 8.95. The van der Waals surface area contributed by atoms with E-state index in [0.29, 0.717) is 17.0 Å². The quantitative estimate of drug-likeness (QED) is 0.851. The van der Waals surface area contributed by atoms with Gasteiger partial charge in [0.25, 0.3) is 0 Å². The summed E-state index contributed by atoms with van der Waals surface area (Å²) >= 11 is 5.64. The number of aliphatic hydroxyl groups is 1. The number of hydrogen-bond acceptors (Lipinski definition) is 2. The Morgan fingerprint density at radius 3 is 2.57 bits per heavy atom. The summed E-state index contributed by atoms with van der Waals surface area (Å²) in [6.45, 7) is -0.0186. The summed E-state index contributed by atoms with van der Waals surface area (Å²) in [7, 11) is 0. The van der Waals surface area contributed by atoms with Crippen LogP contribution in [0.3, 0.4) is 0 Å². The van der Waals surface area contributed by atoms with Crippen LogP contribution in [-0.4, -0.2) is 11.7 Å². The average Bonchev–Trinajstić information content (AvgIpc) is 2.03. The topological polar surface area (TPSA) is 46.2 Å². The molecule has 80 valence electrons. The molecule has 0 heterocycles. The molecule has 0 radical (unpaired) electrons. The largest absolute Gasteiger partial charge is 0.396 e. The maximum atomic E-state index is 12.8. The molecule has 14 heavy (non-hydrogen) atoms. The van der Waals surface area contributed by atoms with Gasteiger partial charge in [-0.1, -0.05) is 11.6 Å². The van der Waals surface area contributed by atoms with Crippen LogP contribution < -0.4 is 5.73 Å². The van der Waals surface area contributed by atoms with Crippen molar-refractivity contribution in [2.24, 2.45) is 5.73 Å². The summed E-state index contributed by atoms with van der Waals surface area (Å²) in [5.74, 6) is -0.407. The third kappa shape index (κ3) is 3.80. The molecule has 2 nitrogen and oxygen atoms in total. The number of halogens is 3. The maximum absolute atomic E-state index is 12.8. The molecule has 0 aliphatic rings. The van der Waals surface area contributed by atoms with Crippen LogP contribution in [0.4, 0.5) is 4.39 Å². The molecule has 0 unspecified atom stereocenters. The average molecular weight is 240 g/mol. The minimum absolute atomic E-state index is 0. The minimum atomic E-state index is -0.407. The van der Waals surface area contributed by atoms with Crippen molar-refractivity contribution >= 4 is 24.0 Å². The van der Waals surface area contributed by atoms with Crippen molar-refractivity contribution in [3.63, 3.8) is 0 Å². The Morgan fingerprint density at radius 2 is 2.07 bits per heavy atom. The lowest BCUT2D eigenvalue weighted by Crippen LogP contribution is -2.12. The monoisotopic (exact) mass is 239 g/mol. The van der Waals surface area contributed by atoms with Gasteiger partial charge >= 0.3 is 0 Å². The van der Waals surface area contributed by atoms with E-state index in [1.807, 2.05) is 0 Å². The molecule has 0 spiro atoms. The highest BCUT2D eigenvalue weighted by molar-refractivity contribution is 6.30. The zero-order valence-corrected chi connectivity index (χ0v) is 8.98. The highest BCUT2D eigenvalue weighted by Gasteiger charge is 2.07. The van der Waals surface area contributed by atoms with Gasteiger partial charge in [0.2, 0.25) is 0 Å². The summed E-state index contributed by atoms with van der Waals surface area (Å²) in [5.41, 5.74) is 6.27. The lowest BCUT2D eigenvalue weighted by Gasteiger charge is -2.10. The van der Waals surface area contributed by atoms with Crippen molar-refractivity contribution in [2.45, 2.75) is 12.5 Å². The fraction of sp³-hybridized carbons (Fsp3) is 0.333. The highest BCUT2D eigenvalue weighted by Crippen LogP contribution is 2.20. The van der Waals surface area contributed by atoms with Gasteiger partial charge in [0.05, 0.1) is 0 Å². The first kappa shape index (κ1) is 13.7. The van der Waals surface area contributed by atoms with E-state index in [0.717, 1.165) is 0 Å². The first-order valence-electron chi connectivity index (χ1n) is 3.96. The molecule has 1 aromatic rings. The van der Waals surface area contributed by atoms with E-state index >= 15 is 0 Å². The number of hydrogen-bond donors (Lipinski definition) is 2. The fourth-order valence-electron chi connectivity index (χ4n) is 1.09. The second kappa shape index (κ2) is 6.19. The van der Waals surface area contributed by atoms with Gasteiger partial charge in [0, 0.05) is 17.7 Å². The van der Waals surface area contributed by atoms with Crippen LogP contribution >= 0.6 is 24.0 Å². The molecule has 3 N–H and O–H groups in total. The van der Waals surface area contributed by atoms with Crippen LogP contribution in [0.1, 0.15) is 18.0 Å². The summed E-state index contributed by atoms with van der Waals surface area (Å²) in [6, 6.07) is 3.78. The molecule has 0 fully saturated rings. The molecule has 5 heteroatoms. The molecule has 1 rings (SSSR count). The van der Waals surface area contributed by atoms with Crippen molar-refractivity contribution in [2.75, 3.05) is 6.61 Å². The molecule has 1 aromatic carbocycles. The molecule has 0 aromatic heterocycles. The number of aliphatic hydroxyl groups excluding tert-OH is 1. The van der Waals surface area contributed by atoms with Gasteiger partial charge in [-0.25, -0.2) is 4.39 Å². The predicted molar refractivity (Wildman–Crippen MR) is 57.3 cm³/mol. The first-order valence-corrected chi connectivity index (χ1v) is 4.33. The second-order valence-corrected chi connectivity index (χ2v) is 3.26. The Labute approximate surface area is 93.3 Å². The van der Waals surface area contributed by atoms with Crippen molar-refractivity contribution in [3.8, 4) is 0 Å². The molecule has 0 aliphatic heterocycles. The smallest absolute Gasteiger partial charge is 0.125 e. The molecule has 1 atom stereocenters. The standard InChI is InChI=1S/C9H11ClFNO.ClH/c10-7-3-6(4-8(11)5-7)9(12)1-2-13;/h3-5,9,13H,1-2,12H2;1H/t9-;/m1./s1. The third-order valence-electron chi connectivity index (χ3n) is 1.75. The summed E-state index contributed by atoms with van der Waals surface area (Å²) in [4.78, 5) is 0. The van der Waals surface area contributed by atoms with Crippen LogP contribution in [0, 0.1) is 5.82 Å². The molecular formula is C9H12Cl2FNO. The van der Waals surface area contributed by atoms with E-state index in [-0.39, 0.29) is 25.1 Å². The fourth-order valence-corrected chi connectivity index (χ4v) is 1.33. The molecule has 0 aliphatic carbocycles. The number of benzene rings is 1. The number of nitrogens with two attached hydrogens (primary N) is 1. The minimum Gasteiger partial charge on any atom is -0.396 e. The second-order valence-electron chi connectivity index (χ2n) is 2.82.